The van der Waals surface area contributed by atoms with Crippen LogP contribution in [0.15, 0.2) is 48.7 Å². The molecular formula is C17H15N3O. The van der Waals surface area contributed by atoms with Gasteiger partial charge in [0, 0.05) is 36.4 Å². The van der Waals surface area contributed by atoms with Gasteiger partial charge in [-0.2, -0.15) is 0 Å². The van der Waals surface area contributed by atoms with Crippen LogP contribution in [-0.4, -0.2) is 10.5 Å². The fourth-order valence-electron chi connectivity index (χ4n) is 2.90. The highest BCUT2D eigenvalue weighted by Gasteiger charge is 2.22. The molecule has 0 saturated heterocycles. The number of nitrogens with one attached hydrogen (secondary N) is 2. The third kappa shape index (κ3) is 1.88. The Kier molecular flexibility index (Phi) is 2.51. The Morgan fingerprint density at radius 2 is 2.10 bits per heavy atom. The Balaban J connectivity index is 1.75. The zero-order chi connectivity index (χ0) is 14.4. The molecule has 2 heterocycles. The maximum Gasteiger partial charge on any atom is 0.254 e. The summed E-state index contributed by atoms with van der Waals surface area (Å²) < 4.78 is 2.09. The van der Waals surface area contributed by atoms with E-state index in [-0.39, 0.29) is 5.91 Å². The zero-order valence-corrected chi connectivity index (χ0v) is 11.7. The Labute approximate surface area is 122 Å². The van der Waals surface area contributed by atoms with Gasteiger partial charge in [-0.25, -0.2) is 0 Å². The lowest BCUT2D eigenvalue weighted by Gasteiger charge is -2.10. The van der Waals surface area contributed by atoms with Gasteiger partial charge in [-0.05, 0) is 35.9 Å². The van der Waals surface area contributed by atoms with E-state index in [1.165, 1.54) is 10.9 Å². The van der Waals surface area contributed by atoms with Gasteiger partial charge in [0.2, 0.25) is 0 Å². The molecule has 4 rings (SSSR count). The van der Waals surface area contributed by atoms with E-state index in [9.17, 15) is 4.79 Å². The Bertz CT molecular complexity index is 864. The number of carbonyl (C=O) groups excluding carboxylic acids is 1. The van der Waals surface area contributed by atoms with Gasteiger partial charge < -0.3 is 15.2 Å². The highest BCUT2D eigenvalue weighted by molar-refractivity contribution is 6.04. The molecule has 2 aromatic carbocycles. The lowest BCUT2D eigenvalue weighted by molar-refractivity contribution is 0.0966. The maximum absolute atomic E-state index is 11.9. The van der Waals surface area contributed by atoms with Gasteiger partial charge in [0.25, 0.3) is 5.91 Å². The highest BCUT2D eigenvalue weighted by Crippen LogP contribution is 2.28. The summed E-state index contributed by atoms with van der Waals surface area (Å²) in [6.07, 6.45) is 2.04. The largest absolute Gasteiger partial charge is 0.355 e. The van der Waals surface area contributed by atoms with E-state index in [1.807, 2.05) is 37.5 Å². The molecule has 3 aromatic rings. The third-order valence-electron chi connectivity index (χ3n) is 3.98. The molecule has 0 saturated carbocycles. The van der Waals surface area contributed by atoms with E-state index in [4.69, 9.17) is 0 Å². The van der Waals surface area contributed by atoms with Crippen molar-refractivity contribution in [2.75, 3.05) is 5.32 Å². The number of hydrogen-bond acceptors (Lipinski definition) is 2. The first-order valence-corrected chi connectivity index (χ1v) is 6.94. The van der Waals surface area contributed by atoms with Gasteiger partial charge in [-0.3, -0.25) is 4.79 Å². The van der Waals surface area contributed by atoms with Crippen molar-refractivity contribution in [1.82, 2.24) is 9.88 Å². The molecule has 1 aromatic heterocycles. The van der Waals surface area contributed by atoms with Crippen LogP contribution in [0.25, 0.3) is 10.9 Å². The van der Waals surface area contributed by atoms with Gasteiger partial charge in [0.05, 0.1) is 11.3 Å². The van der Waals surface area contributed by atoms with E-state index in [2.05, 4.69) is 33.4 Å². The summed E-state index contributed by atoms with van der Waals surface area (Å²) in [5, 5.41) is 7.41. The number of anilines is 2. The number of benzene rings is 2. The summed E-state index contributed by atoms with van der Waals surface area (Å²) in [5.41, 5.74) is 4.84. The van der Waals surface area contributed by atoms with Crippen LogP contribution in [0, 0.1) is 0 Å². The minimum absolute atomic E-state index is 0.00566. The van der Waals surface area contributed by atoms with E-state index in [0.29, 0.717) is 6.54 Å². The molecule has 4 nitrogen and oxygen atoms in total. The minimum Gasteiger partial charge on any atom is -0.355 e. The number of fused-ring (bicyclic) bond motifs is 2. The Morgan fingerprint density at radius 3 is 3.00 bits per heavy atom. The van der Waals surface area contributed by atoms with E-state index in [1.54, 1.807) is 0 Å². The predicted octanol–water partition coefficient (Wildman–Crippen LogP) is 3.17. The van der Waals surface area contributed by atoms with E-state index < -0.39 is 0 Å². The van der Waals surface area contributed by atoms with Crippen LogP contribution < -0.4 is 10.6 Å². The van der Waals surface area contributed by atoms with Gasteiger partial charge in [-0.1, -0.05) is 12.1 Å². The van der Waals surface area contributed by atoms with Crippen molar-refractivity contribution in [2.45, 2.75) is 6.54 Å². The van der Waals surface area contributed by atoms with Gasteiger partial charge in [0.15, 0.2) is 0 Å². The van der Waals surface area contributed by atoms with Crippen molar-refractivity contribution in [1.29, 1.82) is 0 Å². The molecule has 0 unspecified atom stereocenters. The highest BCUT2D eigenvalue weighted by atomic mass is 16.1. The molecule has 1 amide bonds. The fourth-order valence-corrected chi connectivity index (χ4v) is 2.90. The third-order valence-corrected chi connectivity index (χ3v) is 3.98. The average Bonchev–Trinajstić information content (AvgIpc) is 3.04. The Morgan fingerprint density at radius 1 is 1.19 bits per heavy atom. The number of carbonyl (C=O) groups is 1. The van der Waals surface area contributed by atoms with E-state index >= 15 is 0 Å². The summed E-state index contributed by atoms with van der Waals surface area (Å²) in [5.74, 6) is -0.00566. The van der Waals surface area contributed by atoms with Crippen LogP contribution >= 0.6 is 0 Å². The van der Waals surface area contributed by atoms with Crippen molar-refractivity contribution in [3.63, 3.8) is 0 Å². The molecular weight excluding hydrogens is 262 g/mol. The predicted molar refractivity (Wildman–Crippen MR) is 83.8 cm³/mol. The summed E-state index contributed by atoms with van der Waals surface area (Å²) in [7, 11) is 2.03. The quantitative estimate of drug-likeness (QED) is 0.755. The summed E-state index contributed by atoms with van der Waals surface area (Å²) in [4.78, 5) is 11.9. The topological polar surface area (TPSA) is 46.1 Å². The molecule has 104 valence electrons. The van der Waals surface area contributed by atoms with Crippen molar-refractivity contribution in [2.24, 2.45) is 7.05 Å². The van der Waals surface area contributed by atoms with Crippen LogP contribution in [0.2, 0.25) is 0 Å². The number of aromatic nitrogens is 1. The van der Waals surface area contributed by atoms with Crippen molar-refractivity contribution < 1.29 is 4.79 Å². The van der Waals surface area contributed by atoms with Crippen LogP contribution in [0.1, 0.15) is 15.9 Å². The fraction of sp³-hybridized carbons (Fsp3) is 0.118. The van der Waals surface area contributed by atoms with E-state index in [0.717, 1.165) is 22.5 Å². The van der Waals surface area contributed by atoms with Crippen LogP contribution in [0.4, 0.5) is 11.4 Å². The lowest BCUT2D eigenvalue weighted by atomic mass is 10.1. The molecule has 0 aliphatic carbocycles. The standard InChI is InChI=1S/C17H15N3O/c1-20-8-7-11-9-13(5-6-15(11)20)19-14-4-2-3-12-10-18-17(21)16(12)14/h2-9,19H,10H2,1H3,(H,18,21). The molecule has 1 aliphatic rings. The lowest BCUT2D eigenvalue weighted by Crippen LogP contribution is -2.13. The van der Waals surface area contributed by atoms with Crippen molar-refractivity contribution >= 4 is 28.2 Å². The molecule has 21 heavy (non-hydrogen) atoms. The SMILES string of the molecule is Cn1ccc2cc(Nc3cccc4c3C(=O)NC4)ccc21. The second-order valence-electron chi connectivity index (χ2n) is 5.35. The van der Waals surface area contributed by atoms with Crippen LogP contribution in [0.5, 0.6) is 0 Å². The van der Waals surface area contributed by atoms with Crippen molar-refractivity contribution in [3.05, 3.63) is 59.8 Å². The second-order valence-corrected chi connectivity index (χ2v) is 5.35. The summed E-state index contributed by atoms with van der Waals surface area (Å²) in [6.45, 7) is 0.613. The molecule has 2 N–H and O–H groups in total. The first-order valence-electron chi connectivity index (χ1n) is 6.94. The van der Waals surface area contributed by atoms with Gasteiger partial charge >= 0.3 is 0 Å². The summed E-state index contributed by atoms with van der Waals surface area (Å²) >= 11 is 0. The molecule has 4 heteroatoms. The second kappa shape index (κ2) is 4.38. The summed E-state index contributed by atoms with van der Waals surface area (Å²) in [6, 6.07) is 14.2. The first kappa shape index (κ1) is 12.0. The zero-order valence-electron chi connectivity index (χ0n) is 11.7. The monoisotopic (exact) mass is 277 g/mol. The van der Waals surface area contributed by atoms with Crippen LogP contribution in [0.3, 0.4) is 0 Å². The van der Waals surface area contributed by atoms with Crippen molar-refractivity contribution in [3.8, 4) is 0 Å². The number of aryl methyl sites for hydroxylation is 1. The molecule has 0 radical (unpaired) electrons. The average molecular weight is 277 g/mol. The molecule has 1 aliphatic heterocycles. The van der Waals surface area contributed by atoms with Crippen LogP contribution in [-0.2, 0) is 13.6 Å². The number of nitrogens with zero attached hydrogens (tertiary/aromatic N) is 1. The normalized spacial score (nSPS) is 13.3. The van der Waals surface area contributed by atoms with Gasteiger partial charge in [0.1, 0.15) is 0 Å². The molecule has 0 bridgehead atoms. The van der Waals surface area contributed by atoms with Gasteiger partial charge in [-0.15, -0.1) is 0 Å². The number of hydrogen-bond donors (Lipinski definition) is 2. The molecule has 0 spiro atoms. The maximum atomic E-state index is 11.9. The first-order chi connectivity index (χ1) is 10.2. The Hall–Kier alpha value is -2.75. The smallest absolute Gasteiger partial charge is 0.254 e. The number of amides is 1. The molecule has 0 fully saturated rings. The number of rotatable bonds is 2. The molecule has 0 atom stereocenters. The minimum atomic E-state index is -0.00566.